The number of rotatable bonds is 2. The van der Waals surface area contributed by atoms with E-state index in [-0.39, 0.29) is 5.91 Å². The normalized spacial score (nSPS) is 20.9. The number of nitrogens with two attached hydrogens (primary N) is 1. The zero-order chi connectivity index (χ0) is 10.8. The molecule has 4 heteroatoms. The van der Waals surface area contributed by atoms with Gasteiger partial charge in [-0.2, -0.15) is 0 Å². The van der Waals surface area contributed by atoms with Gasteiger partial charge in [0.25, 0.3) is 5.91 Å². The van der Waals surface area contributed by atoms with Crippen molar-refractivity contribution >= 4 is 5.91 Å². The predicted molar refractivity (Wildman–Crippen MR) is 58.6 cm³/mol. The van der Waals surface area contributed by atoms with Gasteiger partial charge in [-0.3, -0.25) is 4.79 Å². The maximum atomic E-state index is 12.1. The molecule has 1 aromatic heterocycles. The van der Waals surface area contributed by atoms with E-state index in [0.29, 0.717) is 12.5 Å². The lowest BCUT2D eigenvalue weighted by atomic mass is 10.1. The Morgan fingerprint density at radius 2 is 2.47 bits per heavy atom. The van der Waals surface area contributed by atoms with Crippen LogP contribution in [0.5, 0.6) is 0 Å². The fraction of sp³-hybridized carbons (Fsp3) is 0.545. The molecule has 0 bridgehead atoms. The summed E-state index contributed by atoms with van der Waals surface area (Å²) in [4.78, 5) is 16.9. The second-order valence-electron chi connectivity index (χ2n) is 4.19. The van der Waals surface area contributed by atoms with Crippen LogP contribution in [-0.4, -0.2) is 35.4 Å². The Morgan fingerprint density at radius 3 is 3.00 bits per heavy atom. The van der Waals surface area contributed by atoms with Crippen molar-refractivity contribution in [1.82, 2.24) is 9.88 Å². The van der Waals surface area contributed by atoms with Crippen LogP contribution in [0, 0.1) is 12.8 Å². The van der Waals surface area contributed by atoms with Gasteiger partial charge in [0.1, 0.15) is 0 Å². The van der Waals surface area contributed by atoms with E-state index in [0.717, 1.165) is 30.6 Å². The minimum atomic E-state index is 0.129. The van der Waals surface area contributed by atoms with Crippen molar-refractivity contribution in [3.8, 4) is 0 Å². The molecule has 0 radical (unpaired) electrons. The topological polar surface area (TPSA) is 62.1 Å². The molecule has 1 amide bonds. The summed E-state index contributed by atoms with van der Waals surface area (Å²) < 4.78 is 0. The number of aromatic amines is 1. The van der Waals surface area contributed by atoms with Crippen LogP contribution in [0.1, 0.15) is 22.3 Å². The van der Waals surface area contributed by atoms with Crippen LogP contribution in [0.3, 0.4) is 0 Å². The SMILES string of the molecule is Cc1c[nH]cc1C(=O)N1CCC(CN)C1. The molecule has 0 saturated carbocycles. The Kier molecular flexibility index (Phi) is 2.77. The quantitative estimate of drug-likeness (QED) is 0.751. The third-order valence-electron chi connectivity index (χ3n) is 3.09. The van der Waals surface area contributed by atoms with Crippen molar-refractivity contribution in [2.24, 2.45) is 11.7 Å². The zero-order valence-electron chi connectivity index (χ0n) is 8.99. The first-order chi connectivity index (χ1) is 7.22. The highest BCUT2D eigenvalue weighted by molar-refractivity contribution is 5.95. The molecule has 3 N–H and O–H groups in total. The number of hydrogen-bond acceptors (Lipinski definition) is 2. The highest BCUT2D eigenvalue weighted by Crippen LogP contribution is 2.18. The summed E-state index contributed by atoms with van der Waals surface area (Å²) in [5, 5.41) is 0. The molecule has 2 rings (SSSR count). The average Bonchev–Trinajstić information content (AvgIpc) is 2.84. The van der Waals surface area contributed by atoms with Crippen LogP contribution in [0.15, 0.2) is 12.4 Å². The van der Waals surface area contributed by atoms with E-state index < -0.39 is 0 Å². The first kappa shape index (κ1) is 10.2. The van der Waals surface area contributed by atoms with Gasteiger partial charge in [0.15, 0.2) is 0 Å². The maximum Gasteiger partial charge on any atom is 0.255 e. The summed E-state index contributed by atoms with van der Waals surface area (Å²) in [5.41, 5.74) is 7.40. The molecule has 0 aliphatic carbocycles. The molecule has 1 atom stereocenters. The molecule has 1 aliphatic rings. The number of nitrogens with zero attached hydrogens (tertiary/aromatic N) is 1. The average molecular weight is 207 g/mol. The van der Waals surface area contributed by atoms with Crippen molar-refractivity contribution in [1.29, 1.82) is 0 Å². The van der Waals surface area contributed by atoms with Gasteiger partial charge in [-0.15, -0.1) is 0 Å². The number of carbonyl (C=O) groups excluding carboxylic acids is 1. The van der Waals surface area contributed by atoms with Crippen molar-refractivity contribution in [3.63, 3.8) is 0 Å². The molecule has 2 heterocycles. The first-order valence-corrected chi connectivity index (χ1v) is 5.35. The summed E-state index contributed by atoms with van der Waals surface area (Å²) in [6.07, 6.45) is 4.66. The first-order valence-electron chi connectivity index (χ1n) is 5.35. The Balaban J connectivity index is 2.07. The van der Waals surface area contributed by atoms with Crippen molar-refractivity contribution in [2.45, 2.75) is 13.3 Å². The highest BCUT2D eigenvalue weighted by Gasteiger charge is 2.26. The number of likely N-dealkylation sites (tertiary alicyclic amines) is 1. The molecule has 4 nitrogen and oxygen atoms in total. The third-order valence-corrected chi connectivity index (χ3v) is 3.09. The number of H-pyrrole nitrogens is 1. The number of hydrogen-bond donors (Lipinski definition) is 2. The number of aromatic nitrogens is 1. The van der Waals surface area contributed by atoms with Crippen LogP contribution in [0.4, 0.5) is 0 Å². The largest absolute Gasteiger partial charge is 0.367 e. The van der Waals surface area contributed by atoms with Crippen LogP contribution >= 0.6 is 0 Å². The molecule has 0 aromatic carbocycles. The Hall–Kier alpha value is -1.29. The van der Waals surface area contributed by atoms with Crippen molar-refractivity contribution in [3.05, 3.63) is 23.5 Å². The maximum absolute atomic E-state index is 12.1. The summed E-state index contributed by atoms with van der Waals surface area (Å²) in [6.45, 7) is 4.27. The molecule has 0 spiro atoms. The number of carbonyl (C=O) groups is 1. The van der Waals surface area contributed by atoms with Crippen molar-refractivity contribution < 1.29 is 4.79 Å². The molecule has 1 aliphatic heterocycles. The minimum Gasteiger partial charge on any atom is -0.367 e. The van der Waals surface area contributed by atoms with E-state index in [1.54, 1.807) is 6.20 Å². The van der Waals surface area contributed by atoms with Gasteiger partial charge < -0.3 is 15.6 Å². The smallest absolute Gasteiger partial charge is 0.255 e. The van der Waals surface area contributed by atoms with Gasteiger partial charge in [0.2, 0.25) is 0 Å². The van der Waals surface area contributed by atoms with Crippen LogP contribution in [0.2, 0.25) is 0 Å². The van der Waals surface area contributed by atoms with Gasteiger partial charge in [-0.1, -0.05) is 0 Å². The van der Waals surface area contributed by atoms with E-state index in [9.17, 15) is 4.79 Å². The third kappa shape index (κ3) is 1.90. The molecular weight excluding hydrogens is 190 g/mol. The zero-order valence-corrected chi connectivity index (χ0v) is 8.99. The number of aryl methyl sites for hydroxylation is 1. The predicted octanol–water partition coefficient (Wildman–Crippen LogP) is 0.744. The van der Waals surface area contributed by atoms with Crippen molar-refractivity contribution in [2.75, 3.05) is 19.6 Å². The van der Waals surface area contributed by atoms with E-state index in [2.05, 4.69) is 4.98 Å². The van der Waals surface area contributed by atoms with E-state index >= 15 is 0 Å². The van der Waals surface area contributed by atoms with E-state index in [4.69, 9.17) is 5.73 Å². The molecule has 1 unspecified atom stereocenters. The Labute approximate surface area is 89.5 Å². The molecule has 15 heavy (non-hydrogen) atoms. The van der Waals surface area contributed by atoms with Crippen LogP contribution < -0.4 is 5.73 Å². The van der Waals surface area contributed by atoms with Gasteiger partial charge in [-0.25, -0.2) is 0 Å². The van der Waals surface area contributed by atoms with Gasteiger partial charge in [0.05, 0.1) is 5.56 Å². The lowest BCUT2D eigenvalue weighted by Crippen LogP contribution is -2.29. The molecule has 1 fully saturated rings. The van der Waals surface area contributed by atoms with Crippen LogP contribution in [-0.2, 0) is 0 Å². The summed E-state index contributed by atoms with van der Waals surface area (Å²) in [7, 11) is 0. The van der Waals surface area contributed by atoms with Gasteiger partial charge in [-0.05, 0) is 31.4 Å². The number of nitrogens with one attached hydrogen (secondary N) is 1. The Morgan fingerprint density at radius 1 is 1.67 bits per heavy atom. The summed E-state index contributed by atoms with van der Waals surface area (Å²) in [6, 6.07) is 0. The van der Waals surface area contributed by atoms with Gasteiger partial charge >= 0.3 is 0 Å². The lowest BCUT2D eigenvalue weighted by molar-refractivity contribution is 0.0787. The monoisotopic (exact) mass is 207 g/mol. The summed E-state index contributed by atoms with van der Waals surface area (Å²) in [5.74, 6) is 0.609. The standard InChI is InChI=1S/C11H17N3O/c1-8-5-13-6-10(8)11(15)14-3-2-9(4-12)7-14/h5-6,9,13H,2-4,7,12H2,1H3. The lowest BCUT2D eigenvalue weighted by Gasteiger charge is -2.15. The highest BCUT2D eigenvalue weighted by atomic mass is 16.2. The second-order valence-corrected chi connectivity index (χ2v) is 4.19. The van der Waals surface area contributed by atoms with Crippen LogP contribution in [0.25, 0.3) is 0 Å². The molecule has 82 valence electrons. The summed E-state index contributed by atoms with van der Waals surface area (Å²) >= 11 is 0. The van der Waals surface area contributed by atoms with E-state index in [1.165, 1.54) is 0 Å². The second kappa shape index (κ2) is 4.06. The molecular formula is C11H17N3O. The Bertz CT molecular complexity index is 358. The minimum absolute atomic E-state index is 0.129. The van der Waals surface area contributed by atoms with Gasteiger partial charge in [0, 0.05) is 25.5 Å². The molecule has 1 saturated heterocycles. The molecule has 1 aromatic rings. The number of amides is 1. The fourth-order valence-corrected chi connectivity index (χ4v) is 2.05. The fourth-order valence-electron chi connectivity index (χ4n) is 2.05. The van der Waals surface area contributed by atoms with E-state index in [1.807, 2.05) is 18.0 Å².